The molecule has 0 aliphatic carbocycles. The van der Waals surface area contributed by atoms with Crippen LogP contribution in [0.15, 0.2) is 39.9 Å². The molecule has 1 aromatic carbocycles. The van der Waals surface area contributed by atoms with Gasteiger partial charge in [0.05, 0.1) is 12.4 Å². The Balaban J connectivity index is 1.81. The van der Waals surface area contributed by atoms with Crippen LogP contribution in [0.1, 0.15) is 18.9 Å². The molecule has 0 saturated heterocycles. The summed E-state index contributed by atoms with van der Waals surface area (Å²) in [6.45, 7) is 3.75. The molecule has 0 unspecified atom stereocenters. The van der Waals surface area contributed by atoms with Crippen molar-refractivity contribution in [1.29, 1.82) is 0 Å². The summed E-state index contributed by atoms with van der Waals surface area (Å²) in [5, 5.41) is 12.7. The van der Waals surface area contributed by atoms with E-state index in [4.69, 9.17) is 0 Å². The summed E-state index contributed by atoms with van der Waals surface area (Å²) in [6, 6.07) is 8.75. The van der Waals surface area contributed by atoms with Gasteiger partial charge in [-0.05, 0) is 44.0 Å². The van der Waals surface area contributed by atoms with Crippen LogP contribution in [0.5, 0.6) is 0 Å². The van der Waals surface area contributed by atoms with E-state index < -0.39 is 15.7 Å². The van der Waals surface area contributed by atoms with Crippen molar-refractivity contribution in [1.82, 2.24) is 14.5 Å². The summed E-state index contributed by atoms with van der Waals surface area (Å²) in [5.41, 5.74) is 0.885. The van der Waals surface area contributed by atoms with Gasteiger partial charge in [0.25, 0.3) is 5.56 Å². The van der Waals surface area contributed by atoms with E-state index in [0.29, 0.717) is 31.1 Å². The molecule has 1 aromatic heterocycles. The second-order valence-corrected chi connectivity index (χ2v) is 9.52. The number of aryl methyl sites for hydroxylation is 1. The monoisotopic (exact) mass is 467 g/mol. The molecule has 10 nitrogen and oxygen atoms in total. The minimum Gasteiger partial charge on any atom is -0.395 e. The number of sulfonamides is 1. The molecule has 2 rings (SSSR count). The molecule has 1 heterocycles. The molecule has 3 N–H and O–H groups in total. The van der Waals surface area contributed by atoms with Gasteiger partial charge in [0.2, 0.25) is 10.0 Å². The normalized spacial score (nSPS) is 11.5. The van der Waals surface area contributed by atoms with Crippen LogP contribution in [0.2, 0.25) is 0 Å². The fourth-order valence-electron chi connectivity index (χ4n) is 3.23. The highest BCUT2D eigenvalue weighted by molar-refractivity contribution is 7.92. The first-order valence-corrected chi connectivity index (χ1v) is 12.3. The number of nitrogens with zero attached hydrogens (tertiary/aromatic N) is 3. The standard InChI is InChI=1S/C21H33N5O5S/c1-4-32(30,31)23-18-9-7-17(8-10-18)6-5-11-22-12-13-26(14-15-27)19-16-20(28)25(3)21(29)24(19)2/h7-10,16,22-23,27H,4-6,11-15H2,1-3H3. The quantitative estimate of drug-likeness (QED) is 0.350. The first-order valence-electron chi connectivity index (χ1n) is 10.6. The number of hydrogen-bond acceptors (Lipinski definition) is 7. The molecule has 0 atom stereocenters. The molecule has 0 bridgehead atoms. The number of aromatic nitrogens is 2. The van der Waals surface area contributed by atoms with Gasteiger partial charge in [-0.1, -0.05) is 12.1 Å². The molecular formula is C21H33N5O5S. The summed E-state index contributed by atoms with van der Waals surface area (Å²) in [7, 11) is -0.232. The maximum absolute atomic E-state index is 12.2. The van der Waals surface area contributed by atoms with Gasteiger partial charge >= 0.3 is 5.69 Å². The van der Waals surface area contributed by atoms with Crippen molar-refractivity contribution >= 4 is 21.5 Å². The molecule has 178 valence electrons. The van der Waals surface area contributed by atoms with E-state index in [1.54, 1.807) is 26.1 Å². The summed E-state index contributed by atoms with van der Waals surface area (Å²) in [4.78, 5) is 26.0. The molecule has 0 aliphatic rings. The van der Waals surface area contributed by atoms with E-state index >= 15 is 0 Å². The Hall–Kier alpha value is -2.63. The molecule has 0 radical (unpaired) electrons. The summed E-state index contributed by atoms with van der Waals surface area (Å²) >= 11 is 0. The van der Waals surface area contributed by atoms with E-state index in [1.807, 2.05) is 17.0 Å². The fourth-order valence-corrected chi connectivity index (χ4v) is 3.87. The van der Waals surface area contributed by atoms with Gasteiger partial charge in [-0.2, -0.15) is 0 Å². The Morgan fingerprint density at radius 3 is 2.34 bits per heavy atom. The average molecular weight is 468 g/mol. The van der Waals surface area contributed by atoms with E-state index in [2.05, 4.69) is 10.0 Å². The van der Waals surface area contributed by atoms with Crippen molar-refractivity contribution in [2.24, 2.45) is 14.1 Å². The SMILES string of the molecule is CCS(=O)(=O)Nc1ccc(CCCNCCN(CCO)c2cc(=O)n(C)c(=O)n2C)cc1. The lowest BCUT2D eigenvalue weighted by Crippen LogP contribution is -2.43. The lowest BCUT2D eigenvalue weighted by Gasteiger charge is -2.26. The number of nitrogens with one attached hydrogen (secondary N) is 2. The molecule has 0 amide bonds. The number of hydrogen-bond donors (Lipinski definition) is 3. The first-order chi connectivity index (χ1) is 15.2. The van der Waals surface area contributed by atoms with Gasteiger partial charge in [-0.15, -0.1) is 0 Å². The lowest BCUT2D eigenvalue weighted by atomic mass is 10.1. The van der Waals surface area contributed by atoms with Crippen molar-refractivity contribution in [3.05, 3.63) is 56.7 Å². The van der Waals surface area contributed by atoms with E-state index in [1.165, 1.54) is 17.7 Å². The van der Waals surface area contributed by atoms with Crippen molar-refractivity contribution in [3.63, 3.8) is 0 Å². The molecule has 0 fully saturated rings. The van der Waals surface area contributed by atoms with Gasteiger partial charge in [0.15, 0.2) is 0 Å². The van der Waals surface area contributed by atoms with Crippen molar-refractivity contribution in [3.8, 4) is 0 Å². The lowest BCUT2D eigenvalue weighted by molar-refractivity contribution is 0.301. The average Bonchev–Trinajstić information content (AvgIpc) is 2.77. The van der Waals surface area contributed by atoms with Crippen LogP contribution in [0, 0.1) is 0 Å². The van der Waals surface area contributed by atoms with Gasteiger partial charge < -0.3 is 15.3 Å². The molecule has 0 spiro atoms. The smallest absolute Gasteiger partial charge is 0.332 e. The highest BCUT2D eigenvalue weighted by Crippen LogP contribution is 2.13. The third-order valence-electron chi connectivity index (χ3n) is 5.18. The second kappa shape index (κ2) is 11.8. The Morgan fingerprint density at radius 1 is 1.03 bits per heavy atom. The molecule has 0 saturated carbocycles. The van der Waals surface area contributed by atoms with E-state index in [9.17, 15) is 23.1 Å². The van der Waals surface area contributed by atoms with Crippen LogP contribution in [0.3, 0.4) is 0 Å². The van der Waals surface area contributed by atoms with Crippen LogP contribution >= 0.6 is 0 Å². The zero-order valence-electron chi connectivity index (χ0n) is 18.9. The number of anilines is 2. The van der Waals surface area contributed by atoms with Crippen LogP contribution in [0.4, 0.5) is 11.5 Å². The molecule has 2 aromatic rings. The third-order valence-corrected chi connectivity index (χ3v) is 6.49. The van der Waals surface area contributed by atoms with Crippen LogP contribution < -0.4 is 26.2 Å². The predicted molar refractivity (Wildman–Crippen MR) is 127 cm³/mol. The number of aliphatic hydroxyl groups excluding tert-OH is 1. The highest BCUT2D eigenvalue weighted by atomic mass is 32.2. The summed E-state index contributed by atoms with van der Waals surface area (Å²) in [5.74, 6) is 0.514. The van der Waals surface area contributed by atoms with E-state index in [0.717, 1.165) is 29.5 Å². The molecule has 32 heavy (non-hydrogen) atoms. The van der Waals surface area contributed by atoms with Gasteiger partial charge in [0, 0.05) is 45.5 Å². The Kier molecular flexibility index (Phi) is 9.48. The second-order valence-electron chi connectivity index (χ2n) is 7.51. The highest BCUT2D eigenvalue weighted by Gasteiger charge is 2.13. The van der Waals surface area contributed by atoms with Gasteiger partial charge in [-0.3, -0.25) is 18.7 Å². The fraction of sp³-hybridized carbons (Fsp3) is 0.524. The molecular weight excluding hydrogens is 434 g/mol. The van der Waals surface area contributed by atoms with Gasteiger partial charge in [-0.25, -0.2) is 13.2 Å². The predicted octanol–water partition coefficient (Wildman–Crippen LogP) is -0.133. The maximum Gasteiger partial charge on any atom is 0.332 e. The number of aliphatic hydroxyl groups is 1. The Bertz CT molecular complexity index is 1090. The minimum atomic E-state index is -3.27. The first kappa shape index (κ1) is 25.6. The summed E-state index contributed by atoms with van der Waals surface area (Å²) < 4.78 is 28.2. The Morgan fingerprint density at radius 2 is 1.72 bits per heavy atom. The van der Waals surface area contributed by atoms with Crippen LogP contribution in [0.25, 0.3) is 0 Å². The number of rotatable bonds is 13. The van der Waals surface area contributed by atoms with E-state index in [-0.39, 0.29) is 17.9 Å². The zero-order valence-corrected chi connectivity index (χ0v) is 19.7. The van der Waals surface area contributed by atoms with Crippen molar-refractivity contribution in [2.45, 2.75) is 19.8 Å². The zero-order chi connectivity index (χ0) is 23.7. The molecule has 11 heteroatoms. The molecule has 0 aliphatic heterocycles. The van der Waals surface area contributed by atoms with Gasteiger partial charge in [0.1, 0.15) is 5.82 Å². The van der Waals surface area contributed by atoms with Crippen LogP contribution in [-0.4, -0.2) is 61.2 Å². The van der Waals surface area contributed by atoms with Crippen LogP contribution in [-0.2, 0) is 30.5 Å². The van der Waals surface area contributed by atoms with Crippen molar-refractivity contribution < 1.29 is 13.5 Å². The Labute approximate surface area is 188 Å². The largest absolute Gasteiger partial charge is 0.395 e. The van der Waals surface area contributed by atoms with Crippen molar-refractivity contribution in [2.75, 3.05) is 48.2 Å². The minimum absolute atomic E-state index is 0.0351. The summed E-state index contributed by atoms with van der Waals surface area (Å²) in [6.07, 6.45) is 1.74. The number of benzene rings is 1. The third kappa shape index (κ3) is 7.21. The topological polar surface area (TPSA) is 126 Å². The maximum atomic E-state index is 12.2.